The molecule has 0 atom stereocenters. The summed E-state index contributed by atoms with van der Waals surface area (Å²) in [7, 11) is 0. The molecule has 114 valence electrons. The Kier molecular flexibility index (Phi) is 5.49. The van der Waals surface area contributed by atoms with Gasteiger partial charge in [0.05, 0.1) is 0 Å². The summed E-state index contributed by atoms with van der Waals surface area (Å²) in [6.45, 7) is 13.9. The number of likely N-dealkylation sites (tertiary alicyclic amines) is 1. The molecule has 1 heterocycles. The van der Waals surface area contributed by atoms with Gasteiger partial charge in [0.15, 0.2) is 0 Å². The highest BCUT2D eigenvalue weighted by molar-refractivity contribution is 5.52. The summed E-state index contributed by atoms with van der Waals surface area (Å²) in [6, 6.07) is 0. The molecule has 0 saturated carbocycles. The largest absolute Gasteiger partial charge is 0.391 e. The maximum Gasteiger partial charge on any atom is 0.0460 e. The van der Waals surface area contributed by atoms with E-state index in [9.17, 15) is 0 Å². The third-order valence-electron chi connectivity index (χ3n) is 4.10. The summed E-state index contributed by atoms with van der Waals surface area (Å²) in [4.78, 5) is 2.51. The van der Waals surface area contributed by atoms with Crippen molar-refractivity contribution in [3.63, 3.8) is 0 Å². The second kappa shape index (κ2) is 7.35. The number of rotatable bonds is 3. The van der Waals surface area contributed by atoms with Crippen LogP contribution in [0.3, 0.4) is 0 Å². The summed E-state index contributed by atoms with van der Waals surface area (Å²) in [6.07, 6.45) is 12.8. The molecule has 2 aliphatic rings. The zero-order chi connectivity index (χ0) is 15.2. The molecule has 2 heteroatoms. The van der Waals surface area contributed by atoms with Gasteiger partial charge in [0.25, 0.3) is 0 Å². The Morgan fingerprint density at radius 2 is 1.86 bits per heavy atom. The van der Waals surface area contributed by atoms with E-state index in [0.29, 0.717) is 0 Å². The molecule has 1 aliphatic carbocycles. The standard InChI is InChI=1S/C19H28N2/c1-5-20-14-18-12-15(2)11-16(3)17(4)13-19(18)21-9-7-6-8-10-21/h11-14,20H,4-10H2,1-3H3/b15-12+,16-11+,18-14-,19-13+. The molecule has 0 aromatic rings. The maximum atomic E-state index is 4.24. The number of piperidine rings is 1. The van der Waals surface area contributed by atoms with Crippen LogP contribution in [0.5, 0.6) is 0 Å². The SMILES string of the molecule is C=C1\C=C(N2CCCCC2)/C(=C\NCC)/C=C(C)/C=C/1C. The Labute approximate surface area is 129 Å². The fourth-order valence-corrected chi connectivity index (χ4v) is 2.89. The number of hydrogen-bond donors (Lipinski definition) is 1. The molecular weight excluding hydrogens is 256 g/mol. The summed E-state index contributed by atoms with van der Waals surface area (Å²) >= 11 is 0. The lowest BCUT2D eigenvalue weighted by Gasteiger charge is -2.32. The van der Waals surface area contributed by atoms with Crippen molar-refractivity contribution in [2.45, 2.75) is 40.0 Å². The van der Waals surface area contributed by atoms with Crippen LogP contribution in [0.4, 0.5) is 0 Å². The van der Waals surface area contributed by atoms with Crippen LogP contribution in [0.1, 0.15) is 40.0 Å². The van der Waals surface area contributed by atoms with Crippen molar-refractivity contribution in [1.29, 1.82) is 0 Å². The molecular formula is C19H28N2. The van der Waals surface area contributed by atoms with Crippen LogP contribution in [0.2, 0.25) is 0 Å². The molecule has 1 fully saturated rings. The number of nitrogens with one attached hydrogen (secondary N) is 1. The lowest BCUT2D eigenvalue weighted by molar-refractivity contribution is 0.290. The molecule has 1 N–H and O–H groups in total. The molecule has 1 aliphatic heterocycles. The summed E-state index contributed by atoms with van der Waals surface area (Å²) in [5.41, 5.74) is 6.22. The monoisotopic (exact) mass is 284 g/mol. The van der Waals surface area contributed by atoms with E-state index in [2.05, 4.69) is 62.0 Å². The summed E-state index contributed by atoms with van der Waals surface area (Å²) < 4.78 is 0. The van der Waals surface area contributed by atoms with Crippen LogP contribution in [-0.4, -0.2) is 24.5 Å². The van der Waals surface area contributed by atoms with Gasteiger partial charge >= 0.3 is 0 Å². The van der Waals surface area contributed by atoms with Gasteiger partial charge in [-0.2, -0.15) is 0 Å². The molecule has 2 nitrogen and oxygen atoms in total. The molecule has 2 rings (SSSR count). The summed E-state index contributed by atoms with van der Waals surface area (Å²) in [5, 5.41) is 3.36. The van der Waals surface area contributed by atoms with Crippen molar-refractivity contribution in [1.82, 2.24) is 10.2 Å². The van der Waals surface area contributed by atoms with E-state index in [0.717, 1.165) is 25.2 Å². The third kappa shape index (κ3) is 4.13. The second-order valence-corrected chi connectivity index (χ2v) is 5.98. The fraction of sp³-hybridized carbons (Fsp3) is 0.474. The Hall–Kier alpha value is -1.70. The second-order valence-electron chi connectivity index (χ2n) is 5.98. The predicted octanol–water partition coefficient (Wildman–Crippen LogP) is 4.31. The minimum Gasteiger partial charge on any atom is -0.391 e. The molecule has 0 amide bonds. The molecule has 0 spiro atoms. The molecule has 0 aromatic heterocycles. The normalized spacial score (nSPS) is 29.7. The van der Waals surface area contributed by atoms with Gasteiger partial charge in [0.1, 0.15) is 0 Å². The zero-order valence-corrected chi connectivity index (χ0v) is 13.7. The van der Waals surface area contributed by atoms with E-state index in [1.54, 1.807) is 0 Å². The molecule has 0 unspecified atom stereocenters. The van der Waals surface area contributed by atoms with Crippen LogP contribution in [0.25, 0.3) is 0 Å². The molecule has 0 bridgehead atoms. The van der Waals surface area contributed by atoms with Crippen LogP contribution < -0.4 is 5.32 Å². The van der Waals surface area contributed by atoms with Crippen molar-refractivity contribution >= 4 is 0 Å². The zero-order valence-electron chi connectivity index (χ0n) is 13.7. The lowest BCUT2D eigenvalue weighted by Crippen LogP contribution is -2.30. The highest BCUT2D eigenvalue weighted by Gasteiger charge is 2.17. The van der Waals surface area contributed by atoms with Crippen LogP contribution in [0.15, 0.2) is 59.0 Å². The number of hydrogen-bond acceptors (Lipinski definition) is 2. The van der Waals surface area contributed by atoms with Crippen molar-refractivity contribution in [2.24, 2.45) is 0 Å². The third-order valence-corrected chi connectivity index (χ3v) is 4.10. The predicted molar refractivity (Wildman–Crippen MR) is 91.9 cm³/mol. The molecule has 0 radical (unpaired) electrons. The van der Waals surface area contributed by atoms with Crippen LogP contribution in [-0.2, 0) is 0 Å². The van der Waals surface area contributed by atoms with E-state index in [1.165, 1.54) is 41.7 Å². The van der Waals surface area contributed by atoms with Gasteiger partial charge in [0.2, 0.25) is 0 Å². The lowest BCUT2D eigenvalue weighted by atomic mass is 9.96. The van der Waals surface area contributed by atoms with E-state index in [4.69, 9.17) is 0 Å². The maximum absolute atomic E-state index is 4.24. The van der Waals surface area contributed by atoms with Gasteiger partial charge in [-0.15, -0.1) is 0 Å². The quantitative estimate of drug-likeness (QED) is 0.830. The first-order chi connectivity index (χ1) is 10.1. The van der Waals surface area contributed by atoms with E-state index in [1.807, 2.05) is 0 Å². The fourth-order valence-electron chi connectivity index (χ4n) is 2.89. The molecule has 21 heavy (non-hydrogen) atoms. The Bertz CT molecular complexity index is 512. The van der Waals surface area contributed by atoms with Gasteiger partial charge in [-0.3, -0.25) is 0 Å². The first-order valence-corrected chi connectivity index (χ1v) is 8.08. The van der Waals surface area contributed by atoms with Crippen molar-refractivity contribution in [2.75, 3.05) is 19.6 Å². The Balaban J connectivity index is 2.42. The summed E-state index contributed by atoms with van der Waals surface area (Å²) in [5.74, 6) is 0. The van der Waals surface area contributed by atoms with Crippen molar-refractivity contribution in [3.8, 4) is 0 Å². The van der Waals surface area contributed by atoms with Crippen LogP contribution >= 0.6 is 0 Å². The highest BCUT2D eigenvalue weighted by Crippen LogP contribution is 2.27. The topological polar surface area (TPSA) is 15.3 Å². The Morgan fingerprint density at radius 3 is 2.52 bits per heavy atom. The van der Waals surface area contributed by atoms with E-state index >= 15 is 0 Å². The Morgan fingerprint density at radius 1 is 1.14 bits per heavy atom. The van der Waals surface area contributed by atoms with Gasteiger partial charge in [-0.1, -0.05) is 18.2 Å². The minimum absolute atomic E-state index is 0.944. The smallest absolute Gasteiger partial charge is 0.0460 e. The first kappa shape index (κ1) is 15.7. The van der Waals surface area contributed by atoms with E-state index in [-0.39, 0.29) is 0 Å². The number of nitrogens with zero attached hydrogens (tertiary/aromatic N) is 1. The molecule has 1 saturated heterocycles. The highest BCUT2D eigenvalue weighted by atomic mass is 15.1. The minimum atomic E-state index is 0.944. The number of allylic oxidation sites excluding steroid dienone is 6. The van der Waals surface area contributed by atoms with Crippen molar-refractivity contribution < 1.29 is 0 Å². The molecule has 0 aromatic carbocycles. The van der Waals surface area contributed by atoms with Crippen molar-refractivity contribution in [3.05, 3.63) is 59.0 Å². The van der Waals surface area contributed by atoms with Gasteiger partial charge in [-0.05, 0) is 63.3 Å². The average molecular weight is 284 g/mol. The first-order valence-electron chi connectivity index (χ1n) is 8.08. The average Bonchev–Trinajstić information content (AvgIpc) is 2.48. The van der Waals surface area contributed by atoms with Gasteiger partial charge in [-0.25, -0.2) is 0 Å². The van der Waals surface area contributed by atoms with Gasteiger partial charge < -0.3 is 10.2 Å². The van der Waals surface area contributed by atoms with E-state index < -0.39 is 0 Å². The van der Waals surface area contributed by atoms with Crippen LogP contribution in [0, 0.1) is 0 Å². The van der Waals surface area contributed by atoms with Gasteiger partial charge in [0, 0.05) is 37.1 Å².